The van der Waals surface area contributed by atoms with Gasteiger partial charge in [0.2, 0.25) is 5.91 Å². The first-order valence-corrected chi connectivity index (χ1v) is 6.46. The molecule has 3 atom stereocenters. The molecule has 0 aliphatic carbocycles. The molecule has 16 heavy (non-hydrogen) atoms. The van der Waals surface area contributed by atoms with E-state index in [9.17, 15) is 4.79 Å². The Hall–Kier alpha value is -0.570. The van der Waals surface area contributed by atoms with Gasteiger partial charge in [0.05, 0.1) is 12.0 Å². The van der Waals surface area contributed by atoms with Crippen molar-refractivity contribution in [3.63, 3.8) is 0 Å². The van der Waals surface area contributed by atoms with Crippen LogP contribution in [0.5, 0.6) is 0 Å². The molecule has 2 saturated heterocycles. The van der Waals surface area contributed by atoms with E-state index in [0.717, 1.165) is 13.0 Å². The highest BCUT2D eigenvalue weighted by atomic mass is 16.5. The lowest BCUT2D eigenvalue weighted by Gasteiger charge is -2.31. The van der Waals surface area contributed by atoms with Gasteiger partial charge in [-0.3, -0.25) is 4.79 Å². The average Bonchev–Trinajstić information content (AvgIpc) is 2.78. The van der Waals surface area contributed by atoms with Crippen molar-refractivity contribution in [2.75, 3.05) is 13.2 Å². The summed E-state index contributed by atoms with van der Waals surface area (Å²) in [4.78, 5) is 11.9. The van der Waals surface area contributed by atoms with E-state index >= 15 is 0 Å². The molecule has 2 aliphatic rings. The molecule has 0 aromatic heterocycles. The molecule has 2 aliphatic heterocycles. The molecular formula is C13H25NO2. The molecule has 2 heterocycles. The van der Waals surface area contributed by atoms with Crippen LogP contribution in [0.4, 0.5) is 0 Å². The molecular weight excluding hydrogens is 202 g/mol. The smallest absolute Gasteiger partial charge is 0.229 e. The lowest BCUT2D eigenvalue weighted by molar-refractivity contribution is -0.129. The van der Waals surface area contributed by atoms with Crippen molar-refractivity contribution in [3.05, 3.63) is 0 Å². The van der Waals surface area contributed by atoms with Gasteiger partial charge in [0.1, 0.15) is 0 Å². The van der Waals surface area contributed by atoms with Gasteiger partial charge in [0.15, 0.2) is 0 Å². The molecule has 2 rings (SSSR count). The SMILES string of the molecule is CC.CC(C)C1C(C)NC(=O)C12CCOC2. The molecule has 0 radical (unpaired) electrons. The predicted octanol–water partition coefficient (Wildman–Crippen LogP) is 2.21. The fourth-order valence-corrected chi connectivity index (χ4v) is 3.31. The maximum absolute atomic E-state index is 11.9. The highest BCUT2D eigenvalue weighted by Gasteiger charge is 2.56. The largest absolute Gasteiger partial charge is 0.380 e. The van der Waals surface area contributed by atoms with Gasteiger partial charge >= 0.3 is 0 Å². The van der Waals surface area contributed by atoms with Crippen LogP contribution in [0.2, 0.25) is 0 Å². The Balaban J connectivity index is 0.000000606. The molecule has 3 unspecified atom stereocenters. The summed E-state index contributed by atoms with van der Waals surface area (Å²) in [5.41, 5.74) is -0.215. The van der Waals surface area contributed by atoms with Gasteiger partial charge in [-0.25, -0.2) is 0 Å². The minimum absolute atomic E-state index is 0.209. The molecule has 0 aromatic carbocycles. The Morgan fingerprint density at radius 1 is 1.44 bits per heavy atom. The van der Waals surface area contributed by atoms with Gasteiger partial charge in [0.25, 0.3) is 0 Å². The van der Waals surface area contributed by atoms with E-state index in [1.54, 1.807) is 0 Å². The van der Waals surface area contributed by atoms with Gasteiger partial charge in [-0.2, -0.15) is 0 Å². The minimum Gasteiger partial charge on any atom is -0.380 e. The number of ether oxygens (including phenoxy) is 1. The molecule has 1 amide bonds. The summed E-state index contributed by atoms with van der Waals surface area (Å²) in [7, 11) is 0. The first-order chi connectivity index (χ1) is 7.58. The number of carbonyl (C=O) groups is 1. The van der Waals surface area contributed by atoms with E-state index in [1.807, 2.05) is 13.8 Å². The van der Waals surface area contributed by atoms with Crippen LogP contribution in [0.25, 0.3) is 0 Å². The molecule has 0 bridgehead atoms. The number of carbonyl (C=O) groups excluding carboxylic acids is 1. The topological polar surface area (TPSA) is 38.3 Å². The molecule has 1 N–H and O–H groups in total. The zero-order valence-corrected chi connectivity index (χ0v) is 11.2. The standard InChI is InChI=1S/C11H19NO2.C2H6/c1-7(2)9-8(3)12-10(13)11(9)4-5-14-6-11;1-2/h7-9H,4-6H2,1-3H3,(H,12,13);1-2H3. The second-order valence-corrected chi connectivity index (χ2v) is 4.99. The van der Waals surface area contributed by atoms with E-state index in [0.29, 0.717) is 24.5 Å². The van der Waals surface area contributed by atoms with Crippen molar-refractivity contribution in [3.8, 4) is 0 Å². The van der Waals surface area contributed by atoms with Crippen LogP contribution in [0.3, 0.4) is 0 Å². The average molecular weight is 227 g/mol. The Morgan fingerprint density at radius 2 is 2.06 bits per heavy atom. The number of amides is 1. The van der Waals surface area contributed by atoms with Gasteiger partial charge < -0.3 is 10.1 Å². The van der Waals surface area contributed by atoms with Crippen LogP contribution in [0.1, 0.15) is 41.0 Å². The van der Waals surface area contributed by atoms with Crippen molar-refractivity contribution in [2.24, 2.45) is 17.3 Å². The van der Waals surface area contributed by atoms with Crippen LogP contribution >= 0.6 is 0 Å². The summed E-state index contributed by atoms with van der Waals surface area (Å²) < 4.78 is 5.42. The Labute approximate surface area is 98.9 Å². The molecule has 3 heteroatoms. The van der Waals surface area contributed by atoms with Crippen LogP contribution in [-0.2, 0) is 9.53 Å². The summed E-state index contributed by atoms with van der Waals surface area (Å²) in [5.74, 6) is 1.17. The highest BCUT2D eigenvalue weighted by molar-refractivity contribution is 5.86. The number of rotatable bonds is 1. The highest BCUT2D eigenvalue weighted by Crippen LogP contribution is 2.46. The van der Waals surface area contributed by atoms with Crippen molar-refractivity contribution < 1.29 is 9.53 Å². The van der Waals surface area contributed by atoms with Crippen molar-refractivity contribution in [2.45, 2.75) is 47.1 Å². The zero-order valence-electron chi connectivity index (χ0n) is 11.2. The monoisotopic (exact) mass is 227 g/mol. The van der Waals surface area contributed by atoms with Gasteiger partial charge in [-0.05, 0) is 25.2 Å². The summed E-state index contributed by atoms with van der Waals surface area (Å²) in [6.45, 7) is 11.9. The minimum atomic E-state index is -0.215. The van der Waals surface area contributed by atoms with Crippen LogP contribution in [0, 0.1) is 17.3 Å². The van der Waals surface area contributed by atoms with Gasteiger partial charge in [-0.15, -0.1) is 0 Å². The number of hydrogen-bond acceptors (Lipinski definition) is 2. The third kappa shape index (κ3) is 1.97. The van der Waals surface area contributed by atoms with E-state index in [2.05, 4.69) is 26.1 Å². The van der Waals surface area contributed by atoms with Crippen LogP contribution in [-0.4, -0.2) is 25.2 Å². The number of nitrogens with one attached hydrogen (secondary N) is 1. The first kappa shape index (κ1) is 13.5. The molecule has 2 fully saturated rings. The van der Waals surface area contributed by atoms with E-state index in [4.69, 9.17) is 4.74 Å². The predicted molar refractivity (Wildman–Crippen MR) is 65.1 cm³/mol. The Morgan fingerprint density at radius 3 is 2.50 bits per heavy atom. The number of hydrogen-bond donors (Lipinski definition) is 1. The summed E-state index contributed by atoms with van der Waals surface area (Å²) in [5, 5.41) is 3.06. The summed E-state index contributed by atoms with van der Waals surface area (Å²) >= 11 is 0. The van der Waals surface area contributed by atoms with Gasteiger partial charge in [-0.1, -0.05) is 27.7 Å². The zero-order chi connectivity index (χ0) is 12.3. The van der Waals surface area contributed by atoms with E-state index in [1.165, 1.54) is 0 Å². The molecule has 0 saturated carbocycles. The van der Waals surface area contributed by atoms with Gasteiger partial charge in [0, 0.05) is 12.6 Å². The molecule has 3 nitrogen and oxygen atoms in total. The maximum Gasteiger partial charge on any atom is 0.229 e. The quantitative estimate of drug-likeness (QED) is 0.746. The van der Waals surface area contributed by atoms with E-state index in [-0.39, 0.29) is 11.3 Å². The second-order valence-electron chi connectivity index (χ2n) is 4.99. The lowest BCUT2D eigenvalue weighted by Crippen LogP contribution is -2.38. The normalized spacial score (nSPS) is 37.5. The summed E-state index contributed by atoms with van der Waals surface area (Å²) in [6, 6.07) is 0.296. The molecule has 1 spiro atoms. The molecule has 0 aromatic rings. The Bertz CT molecular complexity index is 244. The first-order valence-electron chi connectivity index (χ1n) is 6.46. The molecule has 94 valence electrons. The third-order valence-corrected chi connectivity index (χ3v) is 3.76. The fraction of sp³-hybridized carbons (Fsp3) is 0.923. The maximum atomic E-state index is 11.9. The van der Waals surface area contributed by atoms with E-state index < -0.39 is 0 Å². The second kappa shape index (κ2) is 5.17. The van der Waals surface area contributed by atoms with Crippen LogP contribution in [0.15, 0.2) is 0 Å². The van der Waals surface area contributed by atoms with Crippen molar-refractivity contribution in [1.82, 2.24) is 5.32 Å². The summed E-state index contributed by atoms with van der Waals surface area (Å²) in [6.07, 6.45) is 0.895. The van der Waals surface area contributed by atoms with Crippen LogP contribution < -0.4 is 5.32 Å². The van der Waals surface area contributed by atoms with Crippen molar-refractivity contribution >= 4 is 5.91 Å². The fourth-order valence-electron chi connectivity index (χ4n) is 3.31. The van der Waals surface area contributed by atoms with Crippen molar-refractivity contribution in [1.29, 1.82) is 0 Å². The lowest BCUT2D eigenvalue weighted by atomic mass is 9.69. The Kier molecular flexibility index (Phi) is 4.36. The third-order valence-electron chi connectivity index (χ3n) is 3.76.